The van der Waals surface area contributed by atoms with Crippen molar-refractivity contribution in [2.45, 2.75) is 129 Å². The number of rotatable bonds is 4. The first-order chi connectivity index (χ1) is 38.3. The molecule has 2 unspecified atom stereocenters. The summed E-state index contributed by atoms with van der Waals surface area (Å²) in [4.78, 5) is 8.20. The van der Waals surface area contributed by atoms with Crippen LogP contribution in [0.3, 0.4) is 0 Å². The van der Waals surface area contributed by atoms with Gasteiger partial charge in [0.05, 0.1) is 21.6 Å². The molecule has 11 aromatic rings. The largest absolute Gasteiger partial charge is 0.456 e. The van der Waals surface area contributed by atoms with Crippen molar-refractivity contribution in [3.63, 3.8) is 0 Å². The molecule has 3 aliphatic heterocycles. The monoisotopic (exact) mass is 1060 g/mol. The van der Waals surface area contributed by atoms with Crippen molar-refractivity contribution in [1.29, 1.82) is 0 Å². The highest BCUT2D eigenvalue weighted by Gasteiger charge is 2.58. The Labute approximate surface area is 476 Å². The summed E-state index contributed by atoms with van der Waals surface area (Å²) in [6.07, 6.45) is 4.68. The quantitative estimate of drug-likeness (QED) is 0.164. The maximum Gasteiger partial charge on any atom is 0.252 e. The van der Waals surface area contributed by atoms with Crippen LogP contribution in [0.4, 0.5) is 45.5 Å². The molecule has 9 aromatic carbocycles. The number of hydrogen-bond donors (Lipinski definition) is 0. The summed E-state index contributed by atoms with van der Waals surface area (Å²) < 4.78 is 9.56. The van der Waals surface area contributed by atoms with Gasteiger partial charge in [-0.1, -0.05) is 191 Å². The van der Waals surface area contributed by atoms with Crippen molar-refractivity contribution < 1.29 is 4.42 Å². The molecule has 0 amide bonds. The minimum atomic E-state index is -0.197. The third-order valence-corrected chi connectivity index (χ3v) is 20.7. The van der Waals surface area contributed by atoms with Crippen molar-refractivity contribution in [2.24, 2.45) is 0 Å². The Morgan fingerprint density at radius 3 is 1.80 bits per heavy atom. The molecule has 4 aliphatic rings. The van der Waals surface area contributed by atoms with Crippen molar-refractivity contribution in [3.8, 4) is 11.1 Å². The second-order valence-corrected chi connectivity index (χ2v) is 28.3. The van der Waals surface area contributed by atoms with E-state index in [0.717, 1.165) is 40.5 Å². The lowest BCUT2D eigenvalue weighted by Crippen LogP contribution is -2.61. The van der Waals surface area contributed by atoms with E-state index in [0.29, 0.717) is 0 Å². The van der Waals surface area contributed by atoms with E-state index in [9.17, 15) is 0 Å². The first kappa shape index (κ1) is 49.5. The second-order valence-electron chi connectivity index (χ2n) is 27.3. The molecule has 1 fully saturated rings. The van der Waals surface area contributed by atoms with Gasteiger partial charge in [0.25, 0.3) is 6.71 Å². The van der Waals surface area contributed by atoms with Gasteiger partial charge in [0, 0.05) is 71.3 Å². The first-order valence-electron chi connectivity index (χ1n) is 29.2. The predicted molar refractivity (Wildman–Crippen MR) is 345 cm³/mol. The number of fused-ring (bicyclic) bond motifs is 13. The summed E-state index contributed by atoms with van der Waals surface area (Å²) in [5, 5.41) is 4.86. The fourth-order valence-electron chi connectivity index (χ4n) is 14.9. The predicted octanol–water partition coefficient (Wildman–Crippen LogP) is 19.3. The highest BCUT2D eigenvalue weighted by atomic mass is 32.1. The average Bonchev–Trinajstić information content (AvgIpc) is 4.13. The Kier molecular flexibility index (Phi) is 10.5. The van der Waals surface area contributed by atoms with E-state index in [4.69, 9.17) is 4.42 Å². The van der Waals surface area contributed by atoms with E-state index in [1.807, 2.05) is 11.3 Å². The molecule has 0 saturated heterocycles. The van der Waals surface area contributed by atoms with Crippen LogP contribution < -0.4 is 31.1 Å². The van der Waals surface area contributed by atoms with Gasteiger partial charge in [-0.05, 0) is 147 Å². The first-order valence-corrected chi connectivity index (χ1v) is 30.1. The zero-order chi connectivity index (χ0) is 55.0. The van der Waals surface area contributed by atoms with Crippen molar-refractivity contribution in [1.82, 2.24) is 0 Å². The van der Waals surface area contributed by atoms with Crippen LogP contribution >= 0.6 is 11.3 Å². The Morgan fingerprint density at radius 1 is 0.463 bits per heavy atom. The average molecular weight is 1060 g/mol. The van der Waals surface area contributed by atoms with Crippen LogP contribution in [-0.2, 0) is 21.7 Å². The lowest BCUT2D eigenvalue weighted by Gasteiger charge is -2.51. The van der Waals surface area contributed by atoms with Gasteiger partial charge in [0.2, 0.25) is 0 Å². The standard InChI is InChI=1S/C74H70BN3OS/c1-70(2,3)46-30-33-58(53(38-46)45-22-13-12-14-23-45)76-62-43-54-50-24-15-17-28-65(50)79-66(54)44-57(62)75-56-40-48(72(7,8)9)32-35-60(56)77(61-27-21-26-52-51-25-16-18-29-67(51)80-69(52)61)64-42-49(41-63(76)68(64)75)78-59-34-31-47(71(4,5)6)39-55(59)73(10)36-19-20-37-74(73,78)11/h12-18,21-35,38-44H,19-20,36-37H2,1-11H3. The summed E-state index contributed by atoms with van der Waals surface area (Å²) in [5.74, 6) is 0. The summed E-state index contributed by atoms with van der Waals surface area (Å²) >= 11 is 1.92. The van der Waals surface area contributed by atoms with E-state index in [-0.39, 0.29) is 33.9 Å². The molecule has 0 radical (unpaired) electrons. The Hall–Kier alpha value is -7.54. The molecule has 4 nitrogen and oxygen atoms in total. The number of anilines is 8. The lowest BCUT2D eigenvalue weighted by atomic mass is 9.33. The molecule has 0 spiro atoms. The molecule has 1 saturated carbocycles. The van der Waals surface area contributed by atoms with E-state index in [2.05, 4.69) is 267 Å². The van der Waals surface area contributed by atoms with Crippen molar-refractivity contribution in [3.05, 3.63) is 198 Å². The molecule has 15 rings (SSSR count). The van der Waals surface area contributed by atoms with Crippen LogP contribution in [0.25, 0.3) is 53.2 Å². The van der Waals surface area contributed by atoms with Gasteiger partial charge in [-0.25, -0.2) is 0 Å². The molecule has 2 aromatic heterocycles. The molecular formula is C74H70BN3OS. The Morgan fingerprint density at radius 2 is 1.06 bits per heavy atom. The number of benzene rings is 9. The minimum absolute atomic E-state index is 0.0157. The second kappa shape index (κ2) is 17.0. The van der Waals surface area contributed by atoms with Crippen molar-refractivity contribution in [2.75, 3.05) is 14.7 Å². The maximum absolute atomic E-state index is 6.95. The van der Waals surface area contributed by atoms with Crippen molar-refractivity contribution >= 4 is 122 Å². The molecule has 5 heterocycles. The molecule has 1 aliphatic carbocycles. The molecule has 396 valence electrons. The molecule has 0 N–H and O–H groups in total. The zero-order valence-electron chi connectivity index (χ0n) is 48.3. The van der Waals surface area contributed by atoms with Gasteiger partial charge in [-0.3, -0.25) is 0 Å². The van der Waals surface area contributed by atoms with Gasteiger partial charge in [0.15, 0.2) is 0 Å². The number of furan rings is 1. The fourth-order valence-corrected chi connectivity index (χ4v) is 16.1. The zero-order valence-corrected chi connectivity index (χ0v) is 49.1. The molecule has 80 heavy (non-hydrogen) atoms. The maximum atomic E-state index is 6.95. The normalized spacial score (nSPS) is 18.7. The van der Waals surface area contributed by atoms with Gasteiger partial charge >= 0.3 is 0 Å². The summed E-state index contributed by atoms with van der Waals surface area (Å²) in [6.45, 7) is 26.3. The SMILES string of the molecule is CC(C)(C)c1ccc2c(c1)B1c3cc4oc5ccccc5c4cc3N(c3ccc(C(C)(C)C)cc3-c3ccccc3)c3cc(N4c5ccc(C(C)(C)C)cc5C5(C)CCCCC45C)cc(c31)N2c1cccc2c1sc1ccccc12. The third-order valence-electron chi connectivity index (χ3n) is 19.5. The van der Waals surface area contributed by atoms with Gasteiger partial charge in [-0.15, -0.1) is 11.3 Å². The van der Waals surface area contributed by atoms with E-state index >= 15 is 0 Å². The van der Waals surface area contributed by atoms with Crippen LogP contribution in [0.15, 0.2) is 180 Å². The molecule has 6 heteroatoms. The highest BCUT2D eigenvalue weighted by Crippen LogP contribution is 2.63. The fraction of sp³-hybridized carbons (Fsp3) is 0.270. The lowest BCUT2D eigenvalue weighted by molar-refractivity contribution is 0.195. The van der Waals surface area contributed by atoms with Gasteiger partial charge in [0.1, 0.15) is 11.2 Å². The molecule has 0 bridgehead atoms. The number of thiophene rings is 1. The number of hydrogen-bond acceptors (Lipinski definition) is 5. The van der Waals surface area contributed by atoms with E-state index < -0.39 is 0 Å². The summed E-state index contributed by atoms with van der Waals surface area (Å²) in [5.41, 5.74) is 23.0. The Balaban J connectivity index is 1.12. The molecule has 2 atom stereocenters. The van der Waals surface area contributed by atoms with Crippen LogP contribution in [0.2, 0.25) is 0 Å². The third kappa shape index (κ3) is 7.06. The highest BCUT2D eigenvalue weighted by molar-refractivity contribution is 7.26. The summed E-state index contributed by atoms with van der Waals surface area (Å²) in [7, 11) is 0. The van der Waals surface area contributed by atoms with Crippen LogP contribution in [0.5, 0.6) is 0 Å². The van der Waals surface area contributed by atoms with Crippen LogP contribution in [-0.4, -0.2) is 12.3 Å². The molecular weight excluding hydrogens is 990 g/mol. The van der Waals surface area contributed by atoms with Gasteiger partial charge in [-0.2, -0.15) is 0 Å². The smallest absolute Gasteiger partial charge is 0.252 e. The van der Waals surface area contributed by atoms with Crippen LogP contribution in [0, 0.1) is 0 Å². The van der Waals surface area contributed by atoms with E-state index in [1.165, 1.54) is 123 Å². The minimum Gasteiger partial charge on any atom is -0.456 e. The van der Waals surface area contributed by atoms with Crippen LogP contribution in [0.1, 0.15) is 124 Å². The Bertz CT molecular complexity index is 4390. The number of para-hydroxylation sites is 1. The number of nitrogens with zero attached hydrogens (tertiary/aromatic N) is 3. The topological polar surface area (TPSA) is 22.9 Å². The van der Waals surface area contributed by atoms with E-state index in [1.54, 1.807) is 0 Å². The van der Waals surface area contributed by atoms with Gasteiger partial charge < -0.3 is 19.1 Å². The summed E-state index contributed by atoms with van der Waals surface area (Å²) in [6, 6.07) is 68.1.